The molecule has 0 aromatic carbocycles. The molecule has 1 aliphatic rings. The third-order valence-corrected chi connectivity index (χ3v) is 5.11. The molecule has 0 unspecified atom stereocenters. The van der Waals surface area contributed by atoms with Crippen molar-refractivity contribution < 1.29 is 18.4 Å². The van der Waals surface area contributed by atoms with E-state index < -0.39 is 5.92 Å². The Morgan fingerprint density at radius 3 is 2.70 bits per heavy atom. The Hall–Kier alpha value is -3.36. The second-order valence-corrected chi connectivity index (χ2v) is 7.21. The Labute approximate surface area is 171 Å². The first-order chi connectivity index (χ1) is 14.4. The fourth-order valence-electron chi connectivity index (χ4n) is 3.48. The van der Waals surface area contributed by atoms with Gasteiger partial charge in [-0.05, 0) is 31.2 Å². The van der Waals surface area contributed by atoms with E-state index in [0.29, 0.717) is 34.7 Å². The SMILES string of the molecule is CCNC(=O)c1cccc(-n2ccc3cc(C(=O)N4CCC(F)(F)CC4)cnc32)n1. The van der Waals surface area contributed by atoms with Crippen LogP contribution in [-0.2, 0) is 0 Å². The summed E-state index contributed by atoms with van der Waals surface area (Å²) in [5, 5.41) is 3.43. The first-order valence-corrected chi connectivity index (χ1v) is 9.78. The summed E-state index contributed by atoms with van der Waals surface area (Å²) in [7, 11) is 0. The summed E-state index contributed by atoms with van der Waals surface area (Å²) in [6.07, 6.45) is 2.57. The zero-order valence-electron chi connectivity index (χ0n) is 16.4. The maximum absolute atomic E-state index is 13.4. The first-order valence-electron chi connectivity index (χ1n) is 9.78. The van der Waals surface area contributed by atoms with Crippen LogP contribution < -0.4 is 5.32 Å². The fraction of sp³-hybridized carbons (Fsp3) is 0.333. The van der Waals surface area contributed by atoms with E-state index in [4.69, 9.17) is 0 Å². The molecule has 9 heteroatoms. The van der Waals surface area contributed by atoms with Gasteiger partial charge in [0.1, 0.15) is 17.2 Å². The highest BCUT2D eigenvalue weighted by atomic mass is 19.3. The summed E-state index contributed by atoms with van der Waals surface area (Å²) in [4.78, 5) is 35.0. The van der Waals surface area contributed by atoms with Gasteiger partial charge < -0.3 is 10.2 Å². The van der Waals surface area contributed by atoms with E-state index in [2.05, 4.69) is 15.3 Å². The molecule has 3 aromatic heterocycles. The van der Waals surface area contributed by atoms with Crippen LogP contribution in [0.2, 0.25) is 0 Å². The lowest BCUT2D eigenvalue weighted by Gasteiger charge is -2.31. The molecule has 0 saturated carbocycles. The van der Waals surface area contributed by atoms with Crippen molar-refractivity contribution in [1.29, 1.82) is 0 Å². The van der Waals surface area contributed by atoms with E-state index in [0.717, 1.165) is 0 Å². The van der Waals surface area contributed by atoms with Gasteiger partial charge in [0.25, 0.3) is 17.7 Å². The smallest absolute Gasteiger partial charge is 0.269 e. The first kappa shape index (κ1) is 19.9. The number of likely N-dealkylation sites (tertiary alicyclic amines) is 1. The average Bonchev–Trinajstić information content (AvgIpc) is 3.17. The number of aromatic nitrogens is 3. The standard InChI is InChI=1S/C21H21F2N5O2/c1-2-24-19(29)16-4-3-5-17(26-16)28-9-6-14-12-15(13-25-18(14)28)20(30)27-10-7-21(22,23)8-11-27/h3-6,9,12-13H,2,7-8,10-11H2,1H3,(H,24,29). The number of hydrogen-bond acceptors (Lipinski definition) is 4. The molecule has 4 heterocycles. The van der Waals surface area contributed by atoms with Gasteiger partial charge in [-0.3, -0.25) is 14.2 Å². The maximum atomic E-state index is 13.4. The van der Waals surface area contributed by atoms with Crippen LogP contribution in [0.1, 0.15) is 40.6 Å². The lowest BCUT2D eigenvalue weighted by Crippen LogP contribution is -2.42. The number of piperidine rings is 1. The molecule has 0 spiro atoms. The van der Waals surface area contributed by atoms with E-state index in [1.807, 2.05) is 6.92 Å². The largest absolute Gasteiger partial charge is 0.351 e. The number of nitrogens with one attached hydrogen (secondary N) is 1. The molecule has 0 radical (unpaired) electrons. The molecule has 30 heavy (non-hydrogen) atoms. The van der Waals surface area contributed by atoms with E-state index in [1.165, 1.54) is 11.1 Å². The molecular formula is C21H21F2N5O2. The Bertz CT molecular complexity index is 1100. The monoisotopic (exact) mass is 413 g/mol. The number of amides is 2. The van der Waals surface area contributed by atoms with Gasteiger partial charge in [-0.2, -0.15) is 0 Å². The van der Waals surface area contributed by atoms with Crippen molar-refractivity contribution >= 4 is 22.8 Å². The summed E-state index contributed by atoms with van der Waals surface area (Å²) < 4.78 is 28.4. The van der Waals surface area contributed by atoms with Gasteiger partial charge in [0.15, 0.2) is 0 Å². The number of carbonyl (C=O) groups is 2. The van der Waals surface area contributed by atoms with Gasteiger partial charge in [0, 0.05) is 50.3 Å². The van der Waals surface area contributed by atoms with Crippen molar-refractivity contribution in [3.8, 4) is 5.82 Å². The quantitative estimate of drug-likeness (QED) is 0.713. The van der Waals surface area contributed by atoms with Gasteiger partial charge in [-0.25, -0.2) is 18.7 Å². The summed E-state index contributed by atoms with van der Waals surface area (Å²) >= 11 is 0. The molecule has 0 atom stereocenters. The summed E-state index contributed by atoms with van der Waals surface area (Å²) in [5.41, 5.74) is 1.23. The Balaban J connectivity index is 1.60. The van der Waals surface area contributed by atoms with Crippen molar-refractivity contribution in [2.75, 3.05) is 19.6 Å². The van der Waals surface area contributed by atoms with Crippen molar-refractivity contribution in [1.82, 2.24) is 24.8 Å². The molecule has 156 valence electrons. The predicted octanol–water partition coefficient (Wildman–Crippen LogP) is 3.04. The highest BCUT2D eigenvalue weighted by Crippen LogP contribution is 2.28. The van der Waals surface area contributed by atoms with Crippen LogP contribution in [0.15, 0.2) is 42.7 Å². The van der Waals surface area contributed by atoms with Crippen LogP contribution >= 0.6 is 0 Å². The Kier molecular flexibility index (Phi) is 5.19. The highest BCUT2D eigenvalue weighted by molar-refractivity contribution is 5.97. The van der Waals surface area contributed by atoms with Gasteiger partial charge in [0.2, 0.25) is 0 Å². The number of carbonyl (C=O) groups excluding carboxylic acids is 2. The second kappa shape index (κ2) is 7.81. The normalized spacial score (nSPS) is 15.9. The van der Waals surface area contributed by atoms with Crippen molar-refractivity contribution in [2.24, 2.45) is 0 Å². The highest BCUT2D eigenvalue weighted by Gasteiger charge is 2.35. The molecule has 1 N–H and O–H groups in total. The van der Waals surface area contributed by atoms with E-state index in [9.17, 15) is 18.4 Å². The molecule has 1 fully saturated rings. The summed E-state index contributed by atoms with van der Waals surface area (Å²) in [5.74, 6) is -2.74. The third kappa shape index (κ3) is 3.87. The van der Waals surface area contributed by atoms with Gasteiger partial charge in [-0.15, -0.1) is 0 Å². The molecule has 1 aliphatic heterocycles. The molecule has 3 aromatic rings. The molecule has 0 aliphatic carbocycles. The minimum atomic E-state index is -2.70. The number of halogens is 2. The third-order valence-electron chi connectivity index (χ3n) is 5.11. The number of hydrogen-bond donors (Lipinski definition) is 1. The number of nitrogens with zero attached hydrogens (tertiary/aromatic N) is 4. The van der Waals surface area contributed by atoms with Crippen molar-refractivity contribution in [3.63, 3.8) is 0 Å². The summed E-state index contributed by atoms with van der Waals surface area (Å²) in [6.45, 7) is 2.40. The van der Waals surface area contributed by atoms with Crippen LogP contribution in [0.4, 0.5) is 8.78 Å². The van der Waals surface area contributed by atoms with Gasteiger partial charge >= 0.3 is 0 Å². The zero-order valence-corrected chi connectivity index (χ0v) is 16.4. The van der Waals surface area contributed by atoms with Gasteiger partial charge in [0.05, 0.1) is 5.56 Å². The van der Waals surface area contributed by atoms with Crippen molar-refractivity contribution in [3.05, 3.63) is 54.0 Å². The van der Waals surface area contributed by atoms with E-state index in [1.54, 1.807) is 41.1 Å². The summed E-state index contributed by atoms with van der Waals surface area (Å²) in [6, 6.07) is 8.62. The minimum Gasteiger partial charge on any atom is -0.351 e. The molecule has 0 bridgehead atoms. The Morgan fingerprint density at radius 2 is 1.97 bits per heavy atom. The molecule has 2 amide bonds. The van der Waals surface area contributed by atoms with Gasteiger partial charge in [-0.1, -0.05) is 6.07 Å². The second-order valence-electron chi connectivity index (χ2n) is 7.21. The lowest BCUT2D eigenvalue weighted by molar-refractivity contribution is -0.0494. The minimum absolute atomic E-state index is 0.0292. The number of rotatable bonds is 4. The topological polar surface area (TPSA) is 80.1 Å². The Morgan fingerprint density at radius 1 is 1.20 bits per heavy atom. The average molecular weight is 413 g/mol. The van der Waals surface area contributed by atoms with Crippen molar-refractivity contribution in [2.45, 2.75) is 25.7 Å². The zero-order chi connectivity index (χ0) is 21.3. The number of alkyl halides is 2. The van der Waals surface area contributed by atoms with Crippen LogP contribution in [0.25, 0.3) is 16.9 Å². The fourth-order valence-corrected chi connectivity index (χ4v) is 3.48. The number of pyridine rings is 2. The molecular weight excluding hydrogens is 392 g/mol. The molecule has 1 saturated heterocycles. The number of fused-ring (bicyclic) bond motifs is 1. The van der Waals surface area contributed by atoms with Crippen LogP contribution in [-0.4, -0.2) is 56.8 Å². The maximum Gasteiger partial charge on any atom is 0.269 e. The van der Waals surface area contributed by atoms with Crippen LogP contribution in [0.3, 0.4) is 0 Å². The van der Waals surface area contributed by atoms with Crippen LogP contribution in [0, 0.1) is 0 Å². The molecule has 4 rings (SSSR count). The lowest BCUT2D eigenvalue weighted by atomic mass is 10.1. The van der Waals surface area contributed by atoms with E-state index >= 15 is 0 Å². The van der Waals surface area contributed by atoms with E-state index in [-0.39, 0.29) is 37.7 Å². The van der Waals surface area contributed by atoms with Crippen LogP contribution in [0.5, 0.6) is 0 Å². The molecule has 7 nitrogen and oxygen atoms in total. The predicted molar refractivity (Wildman–Crippen MR) is 107 cm³/mol.